The van der Waals surface area contributed by atoms with E-state index in [9.17, 15) is 0 Å². The number of pyridine rings is 2. The van der Waals surface area contributed by atoms with Gasteiger partial charge in [-0.2, -0.15) is 0 Å². The Morgan fingerprint density at radius 3 is 2.48 bits per heavy atom. The van der Waals surface area contributed by atoms with Crippen molar-refractivity contribution in [3.05, 3.63) is 59.9 Å². The van der Waals surface area contributed by atoms with Gasteiger partial charge in [0.15, 0.2) is 0 Å². The summed E-state index contributed by atoms with van der Waals surface area (Å²) in [7, 11) is 1.67. The first kappa shape index (κ1) is 13.8. The van der Waals surface area contributed by atoms with Crippen molar-refractivity contribution in [1.82, 2.24) is 14.4 Å². The minimum atomic E-state index is 0.843. The summed E-state index contributed by atoms with van der Waals surface area (Å²) in [5.41, 5.74) is 6.09. The van der Waals surface area contributed by atoms with Crippen LogP contribution in [0.15, 0.2) is 48.7 Å². The first-order valence-electron chi connectivity index (χ1n) is 7.56. The highest BCUT2D eigenvalue weighted by Crippen LogP contribution is 2.25. The third-order valence-corrected chi connectivity index (χ3v) is 4.12. The molecular formula is C19H17N3O. The van der Waals surface area contributed by atoms with Crippen molar-refractivity contribution in [3.8, 4) is 17.0 Å². The lowest BCUT2D eigenvalue weighted by molar-refractivity contribution is 0.415. The summed E-state index contributed by atoms with van der Waals surface area (Å²) in [6, 6.07) is 14.2. The number of methoxy groups -OCH3 is 1. The largest absolute Gasteiger partial charge is 0.497 e. The highest BCUT2D eigenvalue weighted by molar-refractivity contribution is 5.83. The maximum atomic E-state index is 5.21. The van der Waals surface area contributed by atoms with Gasteiger partial charge in [-0.15, -0.1) is 0 Å². The fraction of sp³-hybridized carbons (Fsp3) is 0.158. The van der Waals surface area contributed by atoms with Crippen molar-refractivity contribution in [2.24, 2.45) is 0 Å². The van der Waals surface area contributed by atoms with E-state index in [-0.39, 0.29) is 0 Å². The fourth-order valence-corrected chi connectivity index (χ4v) is 2.96. The monoisotopic (exact) mass is 303 g/mol. The standard InChI is InChI=1S/C19H17N3O/c1-12-10-13(2)20-19-16(12)8-9-18-21-17(11-22(18)19)14-4-6-15(23-3)7-5-14/h4-11H,1-3H3. The van der Waals surface area contributed by atoms with Crippen LogP contribution in [0.2, 0.25) is 0 Å². The lowest BCUT2D eigenvalue weighted by Crippen LogP contribution is -1.94. The number of fused-ring (bicyclic) bond motifs is 3. The van der Waals surface area contributed by atoms with E-state index >= 15 is 0 Å². The lowest BCUT2D eigenvalue weighted by Gasteiger charge is -2.05. The molecule has 0 unspecified atom stereocenters. The van der Waals surface area contributed by atoms with Gasteiger partial charge in [0.25, 0.3) is 0 Å². The highest BCUT2D eigenvalue weighted by Gasteiger charge is 2.09. The van der Waals surface area contributed by atoms with Crippen LogP contribution in [-0.4, -0.2) is 21.5 Å². The first-order chi connectivity index (χ1) is 11.2. The first-order valence-corrected chi connectivity index (χ1v) is 7.56. The third kappa shape index (κ3) is 2.23. The number of ether oxygens (including phenoxy) is 1. The molecule has 0 N–H and O–H groups in total. The molecule has 4 aromatic rings. The van der Waals surface area contributed by atoms with Crippen LogP contribution in [0.1, 0.15) is 11.3 Å². The molecule has 3 aromatic heterocycles. The number of hydrogen-bond acceptors (Lipinski definition) is 3. The van der Waals surface area contributed by atoms with Crippen molar-refractivity contribution in [3.63, 3.8) is 0 Å². The molecule has 4 nitrogen and oxygen atoms in total. The summed E-state index contributed by atoms with van der Waals surface area (Å²) in [6.45, 7) is 4.14. The highest BCUT2D eigenvalue weighted by atomic mass is 16.5. The smallest absolute Gasteiger partial charge is 0.146 e. The summed E-state index contributed by atoms with van der Waals surface area (Å²) in [5.74, 6) is 0.843. The summed E-state index contributed by atoms with van der Waals surface area (Å²) >= 11 is 0. The van der Waals surface area contributed by atoms with Crippen molar-refractivity contribution in [2.75, 3.05) is 7.11 Å². The minimum absolute atomic E-state index is 0.843. The van der Waals surface area contributed by atoms with Gasteiger partial charge in [-0.25, -0.2) is 9.97 Å². The van der Waals surface area contributed by atoms with E-state index in [2.05, 4.69) is 23.5 Å². The number of aromatic nitrogens is 3. The van der Waals surface area contributed by atoms with E-state index in [1.54, 1.807) is 7.11 Å². The Hall–Kier alpha value is -2.88. The second-order valence-corrected chi connectivity index (χ2v) is 5.73. The molecule has 0 spiro atoms. The van der Waals surface area contributed by atoms with Crippen LogP contribution in [-0.2, 0) is 0 Å². The molecule has 0 aliphatic heterocycles. The molecule has 4 rings (SSSR count). The van der Waals surface area contributed by atoms with Gasteiger partial charge < -0.3 is 4.74 Å². The average Bonchev–Trinajstić information content (AvgIpc) is 2.99. The second kappa shape index (κ2) is 5.09. The fourth-order valence-electron chi connectivity index (χ4n) is 2.96. The minimum Gasteiger partial charge on any atom is -0.497 e. The van der Waals surface area contributed by atoms with Crippen LogP contribution in [0.4, 0.5) is 0 Å². The van der Waals surface area contributed by atoms with E-state index in [0.29, 0.717) is 0 Å². The van der Waals surface area contributed by atoms with Crippen LogP contribution in [0.5, 0.6) is 5.75 Å². The zero-order valence-electron chi connectivity index (χ0n) is 13.4. The van der Waals surface area contributed by atoms with E-state index in [4.69, 9.17) is 14.7 Å². The van der Waals surface area contributed by atoms with Crippen LogP contribution in [0.25, 0.3) is 27.9 Å². The number of rotatable bonds is 2. The van der Waals surface area contributed by atoms with Gasteiger partial charge in [0.1, 0.15) is 17.0 Å². The van der Waals surface area contributed by atoms with Crippen LogP contribution >= 0.6 is 0 Å². The molecule has 0 fully saturated rings. The Labute approximate surface area is 134 Å². The van der Waals surface area contributed by atoms with Crippen molar-refractivity contribution in [1.29, 1.82) is 0 Å². The number of nitrogens with zero attached hydrogens (tertiary/aromatic N) is 3. The van der Waals surface area contributed by atoms with Crippen molar-refractivity contribution >= 4 is 16.7 Å². The Kier molecular flexibility index (Phi) is 3.05. The summed E-state index contributed by atoms with van der Waals surface area (Å²) in [4.78, 5) is 9.43. The van der Waals surface area contributed by atoms with Gasteiger partial charge in [-0.1, -0.05) is 0 Å². The van der Waals surface area contributed by atoms with E-state index in [1.807, 2.05) is 43.5 Å². The zero-order valence-corrected chi connectivity index (χ0v) is 13.4. The van der Waals surface area contributed by atoms with Gasteiger partial charge in [0, 0.05) is 22.8 Å². The van der Waals surface area contributed by atoms with Crippen LogP contribution in [0.3, 0.4) is 0 Å². The third-order valence-electron chi connectivity index (χ3n) is 4.12. The Morgan fingerprint density at radius 1 is 0.957 bits per heavy atom. The molecule has 23 heavy (non-hydrogen) atoms. The van der Waals surface area contributed by atoms with Gasteiger partial charge in [0.05, 0.1) is 12.8 Å². The molecular weight excluding hydrogens is 286 g/mol. The molecule has 0 aliphatic rings. The molecule has 3 heterocycles. The van der Waals surface area contributed by atoms with Gasteiger partial charge in [-0.3, -0.25) is 4.40 Å². The molecule has 114 valence electrons. The van der Waals surface area contributed by atoms with Gasteiger partial charge >= 0.3 is 0 Å². The molecule has 1 aromatic carbocycles. The van der Waals surface area contributed by atoms with E-state index < -0.39 is 0 Å². The Balaban J connectivity index is 1.94. The van der Waals surface area contributed by atoms with E-state index in [1.165, 1.54) is 5.56 Å². The quantitative estimate of drug-likeness (QED) is 0.558. The maximum Gasteiger partial charge on any atom is 0.146 e. The molecule has 0 atom stereocenters. The molecule has 0 bridgehead atoms. The van der Waals surface area contributed by atoms with Gasteiger partial charge in [0.2, 0.25) is 0 Å². The SMILES string of the molecule is COc1ccc(-c2cn3c(ccc4c(C)cc(C)nc43)n2)cc1. The number of aryl methyl sites for hydroxylation is 2. The van der Waals surface area contributed by atoms with Crippen LogP contribution < -0.4 is 4.74 Å². The Bertz CT molecular complexity index is 1020. The van der Waals surface area contributed by atoms with Gasteiger partial charge in [-0.05, 0) is 61.9 Å². The summed E-state index contributed by atoms with van der Waals surface area (Å²) < 4.78 is 7.28. The predicted molar refractivity (Wildman–Crippen MR) is 92.0 cm³/mol. The molecule has 4 heteroatoms. The molecule has 0 saturated carbocycles. The van der Waals surface area contributed by atoms with Crippen LogP contribution in [0, 0.1) is 13.8 Å². The van der Waals surface area contributed by atoms with Crippen molar-refractivity contribution < 1.29 is 4.74 Å². The Morgan fingerprint density at radius 2 is 1.74 bits per heavy atom. The topological polar surface area (TPSA) is 39.4 Å². The normalized spacial score (nSPS) is 11.3. The zero-order chi connectivity index (χ0) is 16.0. The second-order valence-electron chi connectivity index (χ2n) is 5.73. The predicted octanol–water partition coefficient (Wildman–Crippen LogP) is 4.17. The van der Waals surface area contributed by atoms with E-state index in [0.717, 1.165) is 39.4 Å². The molecule has 0 aliphatic carbocycles. The number of hydrogen-bond donors (Lipinski definition) is 0. The van der Waals surface area contributed by atoms with Crippen molar-refractivity contribution in [2.45, 2.75) is 13.8 Å². The lowest BCUT2D eigenvalue weighted by atomic mass is 10.1. The maximum absolute atomic E-state index is 5.21. The molecule has 0 radical (unpaired) electrons. The average molecular weight is 303 g/mol. The number of benzene rings is 1. The summed E-state index contributed by atoms with van der Waals surface area (Å²) in [6.07, 6.45) is 2.05. The molecule has 0 saturated heterocycles. The number of imidazole rings is 1. The molecule has 0 amide bonds. The summed E-state index contributed by atoms with van der Waals surface area (Å²) in [5, 5.41) is 1.15.